The normalized spacial score (nSPS) is 23.2. The van der Waals surface area contributed by atoms with E-state index < -0.39 is 50.3 Å². The van der Waals surface area contributed by atoms with Gasteiger partial charge in [0.1, 0.15) is 22.7 Å². The van der Waals surface area contributed by atoms with Crippen LogP contribution in [0.4, 0.5) is 8.78 Å². The van der Waals surface area contributed by atoms with Crippen LogP contribution >= 0.6 is 0 Å². The molecular formula is C84H132F2O13S2. The Morgan fingerprint density at radius 1 is 0.554 bits per heavy atom. The van der Waals surface area contributed by atoms with Gasteiger partial charge < -0.3 is 33.7 Å². The van der Waals surface area contributed by atoms with Crippen molar-refractivity contribution >= 4 is 44.9 Å². The zero-order valence-electron chi connectivity index (χ0n) is 56.6. The Hall–Kier alpha value is -6.14. The molecule has 0 heterocycles. The van der Waals surface area contributed by atoms with Gasteiger partial charge in [-0.25, -0.2) is 13.2 Å². The molecule has 8 fully saturated rings. The van der Waals surface area contributed by atoms with Gasteiger partial charge in [0, 0.05) is 6.42 Å². The molecule has 0 amide bonds. The largest absolute Gasteiger partial charge is 0.743 e. The van der Waals surface area contributed by atoms with Crippen LogP contribution in [-0.4, -0.2) is 75.7 Å². The number of hydrogen-bond acceptors (Lipinski definition) is 13. The zero-order valence-corrected chi connectivity index (χ0v) is 58.2. The number of alkyl halides is 2. The Morgan fingerprint density at radius 2 is 0.931 bits per heavy atom. The molecule has 0 aliphatic heterocycles. The number of rotatable bonds is 18. The van der Waals surface area contributed by atoms with Gasteiger partial charge in [-0.05, 0) is 258 Å². The summed E-state index contributed by atoms with van der Waals surface area (Å²) in [5, 5.41) is 14.9. The monoisotopic (exact) mass is 1450 g/mol. The van der Waals surface area contributed by atoms with E-state index in [0.29, 0.717) is 48.2 Å². The summed E-state index contributed by atoms with van der Waals surface area (Å²) < 4.78 is 78.2. The lowest BCUT2D eigenvalue weighted by molar-refractivity contribution is -0.225. The van der Waals surface area contributed by atoms with Crippen molar-refractivity contribution in [3.05, 3.63) is 151 Å². The highest BCUT2D eigenvalue weighted by Crippen LogP contribution is 2.61. The number of halogens is 2. The van der Waals surface area contributed by atoms with Crippen molar-refractivity contribution in [2.24, 2.45) is 51.8 Å². The summed E-state index contributed by atoms with van der Waals surface area (Å²) in [4.78, 5) is 52.4. The van der Waals surface area contributed by atoms with E-state index in [-0.39, 0.29) is 110 Å². The highest BCUT2D eigenvalue weighted by Gasteiger charge is 2.60. The van der Waals surface area contributed by atoms with Crippen molar-refractivity contribution in [1.29, 1.82) is 0 Å². The first kappa shape index (κ1) is 96.9. The van der Waals surface area contributed by atoms with Gasteiger partial charge in [0.05, 0.1) is 38.3 Å². The third kappa shape index (κ3) is 25.0. The fraction of sp³-hybridized carbons (Fsp3) is 0.595. The van der Waals surface area contributed by atoms with Crippen LogP contribution in [0.3, 0.4) is 0 Å². The first-order valence-corrected chi connectivity index (χ1v) is 35.9. The van der Waals surface area contributed by atoms with Gasteiger partial charge in [-0.1, -0.05) is 161 Å². The molecule has 101 heavy (non-hydrogen) atoms. The molecule has 8 bridgehead atoms. The minimum Gasteiger partial charge on any atom is -0.743 e. The lowest BCUT2D eigenvalue weighted by Crippen LogP contribution is -2.61. The number of benzene rings is 5. The fourth-order valence-corrected chi connectivity index (χ4v) is 16.3. The predicted molar refractivity (Wildman–Crippen MR) is 411 cm³/mol. The third-order valence-electron chi connectivity index (χ3n) is 20.7. The molecule has 13 nitrogen and oxygen atoms in total. The van der Waals surface area contributed by atoms with Gasteiger partial charge >= 0.3 is 29.1 Å². The molecule has 8 aliphatic rings. The van der Waals surface area contributed by atoms with Crippen LogP contribution in [0.5, 0.6) is 11.5 Å². The van der Waals surface area contributed by atoms with Crippen molar-refractivity contribution in [1.82, 2.24) is 0 Å². The Balaban J connectivity index is 0. The molecule has 3 unspecified atom stereocenters. The summed E-state index contributed by atoms with van der Waals surface area (Å²) in [5.74, 6) is 3.49. The van der Waals surface area contributed by atoms with E-state index in [1.807, 2.05) is 53.7 Å². The number of aromatic hydroxyl groups is 1. The summed E-state index contributed by atoms with van der Waals surface area (Å²) in [7, 11) is -5.95. The van der Waals surface area contributed by atoms with Crippen LogP contribution in [0.15, 0.2) is 154 Å². The molecule has 8 aliphatic carbocycles. The van der Waals surface area contributed by atoms with Gasteiger partial charge in [-0.3, -0.25) is 14.4 Å². The maximum Gasteiger partial charge on any atom is 0.367 e. The van der Waals surface area contributed by atoms with E-state index in [2.05, 4.69) is 123 Å². The van der Waals surface area contributed by atoms with Crippen molar-refractivity contribution in [2.75, 3.05) is 6.61 Å². The summed E-state index contributed by atoms with van der Waals surface area (Å²) in [6, 6.07) is 44.4. The smallest absolute Gasteiger partial charge is 0.367 e. The van der Waals surface area contributed by atoms with E-state index in [1.165, 1.54) is 70.9 Å². The standard InChI is InChI=1S/C18H15S.C17H28O2.C16H26O3.C15H18F2O7S.C10H14O.8CH4/c1-4-10-16(11-5-1)19(17-12-6-2-7-13-17)18-14-8-3-9-15-18;1-5-16(2,3)15(18)19-17(4)13-7-11-6-12(9-13)10-14(17)8-11;1-4-14(2,3)13(17)19-16-8-11-5-12(9-16)7-15(18,6-11)10-16;1-4-14(2,3)13(19)24-11-7-5-10(6-8-11)12(18)23-9-15(16,17)25(20,21)22;1-3-8(2)9-4-6-10(11)7-5-9;;;;;;;;/h1-15H;11-14H,5-10H2,1-4H3;11-12,18H,4-10H2,1-3H3;5-8H,4,9H2,1-3H3,(H,20,21,22);4-8,11H,3H2,1-2H3;8*1H4/q+1;;;;;;;;;;;;/p-1. The first-order valence-electron chi connectivity index (χ1n) is 33.3. The number of carbonyl (C=O) groups excluding carboxylic acids is 4. The number of phenolic OH excluding ortho intramolecular Hbond substituents is 1. The highest BCUT2D eigenvalue weighted by molar-refractivity contribution is 7.97. The molecule has 8 saturated carbocycles. The van der Waals surface area contributed by atoms with E-state index >= 15 is 0 Å². The van der Waals surface area contributed by atoms with Crippen LogP contribution in [0, 0.1) is 51.8 Å². The molecule has 0 spiro atoms. The predicted octanol–water partition coefficient (Wildman–Crippen LogP) is 22.3. The number of phenols is 1. The number of ether oxygens (including phenoxy) is 4. The van der Waals surface area contributed by atoms with Gasteiger partial charge in [0.15, 0.2) is 31.4 Å². The number of aliphatic hydroxyl groups is 1. The third-order valence-corrected chi connectivity index (χ3v) is 23.8. The molecule has 0 radical (unpaired) electrons. The van der Waals surface area contributed by atoms with Crippen LogP contribution in [0.2, 0.25) is 0 Å². The molecule has 572 valence electrons. The molecule has 3 atom stereocenters. The van der Waals surface area contributed by atoms with Gasteiger partial charge in [0.2, 0.25) is 0 Å². The quantitative estimate of drug-likeness (QED) is 0.0276. The second-order valence-electron chi connectivity index (χ2n) is 29.1. The van der Waals surface area contributed by atoms with Crippen LogP contribution in [0.25, 0.3) is 0 Å². The van der Waals surface area contributed by atoms with Crippen LogP contribution in [0.1, 0.15) is 261 Å². The molecule has 5 aromatic carbocycles. The minimum absolute atomic E-state index is 0. The summed E-state index contributed by atoms with van der Waals surface area (Å²) >= 11 is 0. The topological polar surface area (TPSA) is 203 Å². The second-order valence-corrected chi connectivity index (χ2v) is 32.6. The van der Waals surface area contributed by atoms with Crippen molar-refractivity contribution in [3.8, 4) is 11.5 Å². The lowest BCUT2D eigenvalue weighted by atomic mass is 9.50. The zero-order chi connectivity index (χ0) is 68.4. The Morgan fingerprint density at radius 3 is 1.30 bits per heavy atom. The first-order chi connectivity index (χ1) is 43.6. The average molecular weight is 1450 g/mol. The Bertz CT molecular complexity index is 3240. The van der Waals surface area contributed by atoms with Crippen molar-refractivity contribution < 1.29 is 70.1 Å². The summed E-state index contributed by atoms with van der Waals surface area (Å²) in [5.41, 5.74) is -1.42. The highest BCUT2D eigenvalue weighted by atomic mass is 32.2. The molecule has 0 saturated heterocycles. The summed E-state index contributed by atoms with van der Waals surface area (Å²) in [6.45, 7) is 21.9. The molecule has 17 heteroatoms. The maximum absolute atomic E-state index is 12.9. The van der Waals surface area contributed by atoms with Crippen LogP contribution in [-0.2, 0) is 49.6 Å². The van der Waals surface area contributed by atoms with E-state index in [0.717, 1.165) is 68.9 Å². The van der Waals surface area contributed by atoms with E-state index in [4.69, 9.17) is 19.3 Å². The molecule has 5 aromatic rings. The molecule has 13 rings (SSSR count). The molecule has 2 N–H and O–H groups in total. The van der Waals surface area contributed by atoms with Crippen molar-refractivity contribution in [3.63, 3.8) is 0 Å². The van der Waals surface area contributed by atoms with E-state index in [1.54, 1.807) is 26.0 Å². The Labute approximate surface area is 613 Å². The molecular weight excluding hydrogens is 1320 g/mol. The van der Waals surface area contributed by atoms with Gasteiger partial charge in [-0.2, -0.15) is 8.78 Å². The molecule has 0 aromatic heterocycles. The maximum atomic E-state index is 12.9. The van der Waals surface area contributed by atoms with Gasteiger partial charge in [0.25, 0.3) is 0 Å². The van der Waals surface area contributed by atoms with Crippen molar-refractivity contribution in [2.45, 2.75) is 281 Å². The van der Waals surface area contributed by atoms with E-state index in [9.17, 15) is 46.0 Å². The Kier molecular flexibility index (Phi) is 38.6. The van der Waals surface area contributed by atoms with Crippen LogP contribution < -0.4 is 4.74 Å². The minimum atomic E-state index is -5.94. The summed E-state index contributed by atoms with van der Waals surface area (Å²) in [6.07, 6.45) is 15.6. The number of esters is 4. The SMILES string of the molecule is C.C.C.C.C.C.C.C.CCC(C)(C)C(=O)OC1(C)C2CC3CC(C2)CC1C3.CCC(C)(C)C(=O)OC12CC3CC(CC(O)(C3)C1)C2.CCC(C)(C)C(=O)Oc1ccc(C(=O)OCC(F)(F)S(=O)(=O)[O-])cc1.CCC(C)c1ccc(O)cc1.c1ccc([S+](c2ccccc2)c2ccccc2)cc1. The number of carbonyl (C=O) groups is 4. The fourth-order valence-electron chi connectivity index (χ4n) is 14.0. The lowest BCUT2D eigenvalue weighted by Gasteiger charge is -2.59. The second kappa shape index (κ2) is 40.2. The van der Waals surface area contributed by atoms with Gasteiger partial charge in [-0.15, -0.1) is 0 Å². The number of hydrogen-bond donors (Lipinski definition) is 2. The average Bonchev–Trinajstić information content (AvgIpc) is 0.737.